The number of nitrogens with two attached hydrogens (primary N) is 1. The number of ether oxygens (including phenoxy) is 1. The summed E-state index contributed by atoms with van der Waals surface area (Å²) < 4.78 is 9.59. The average molecular weight is 872 g/mol. The molecular weight excluding hydrogens is 819 g/mol. The van der Waals surface area contributed by atoms with Gasteiger partial charge in [0.2, 0.25) is 0 Å². The first-order chi connectivity index (χ1) is 30.7. The molecule has 0 aliphatic carbocycles. The highest BCUT2D eigenvalue weighted by atomic mass is 16.6. The number of piperidine rings is 1. The minimum atomic E-state index is -2.37. The lowest BCUT2D eigenvalue weighted by Crippen LogP contribution is -2.40. The Morgan fingerprint density at radius 3 is 2.45 bits per heavy atom. The monoisotopic (exact) mass is 871 g/mol. The Bertz CT molecular complexity index is 2910. The molecule has 1 atom stereocenters. The lowest BCUT2D eigenvalue weighted by molar-refractivity contribution is -0.160. The van der Waals surface area contributed by atoms with Gasteiger partial charge in [-0.2, -0.15) is 5.10 Å². The first-order valence-corrected chi connectivity index (χ1v) is 21.7. The molecule has 16 nitrogen and oxygen atoms in total. The molecule has 8 rings (SSSR count). The van der Waals surface area contributed by atoms with Gasteiger partial charge >= 0.3 is 12.1 Å². The fourth-order valence-electron chi connectivity index (χ4n) is 9.29. The molecule has 2 aliphatic rings. The van der Waals surface area contributed by atoms with Gasteiger partial charge < -0.3 is 55.5 Å². The largest absolute Gasteiger partial charge is 0.508 e. The van der Waals surface area contributed by atoms with Crippen LogP contribution in [-0.2, 0) is 36.5 Å². The Labute approximate surface area is 368 Å². The highest BCUT2D eigenvalue weighted by molar-refractivity contribution is 6.10. The van der Waals surface area contributed by atoms with Gasteiger partial charge in [0.1, 0.15) is 17.2 Å². The maximum Gasteiger partial charge on any atom is 0.415 e. The number of hydrogen-bond acceptors (Lipinski definition) is 11. The molecule has 0 bridgehead atoms. The van der Waals surface area contributed by atoms with Crippen molar-refractivity contribution in [3.05, 3.63) is 111 Å². The van der Waals surface area contributed by atoms with E-state index in [0.29, 0.717) is 59.2 Å². The minimum Gasteiger partial charge on any atom is -0.508 e. The van der Waals surface area contributed by atoms with Gasteiger partial charge in [-0.05, 0) is 110 Å². The number of phenols is 2. The van der Waals surface area contributed by atoms with Crippen LogP contribution in [0.4, 0.5) is 10.5 Å². The number of benzene rings is 3. The molecule has 0 saturated carbocycles. The van der Waals surface area contributed by atoms with E-state index in [1.807, 2.05) is 45.0 Å². The summed E-state index contributed by atoms with van der Waals surface area (Å²) in [6.07, 6.45) is 4.60. The molecule has 6 aromatic rings. The third kappa shape index (κ3) is 7.76. The summed E-state index contributed by atoms with van der Waals surface area (Å²) in [5, 5.41) is 60.9. The third-order valence-electron chi connectivity index (χ3n) is 13.0. The van der Waals surface area contributed by atoms with Crippen molar-refractivity contribution in [3.8, 4) is 28.6 Å². The van der Waals surface area contributed by atoms with Crippen molar-refractivity contribution in [3.63, 3.8) is 0 Å². The van der Waals surface area contributed by atoms with Crippen LogP contribution >= 0.6 is 0 Å². The molecule has 5 heterocycles. The number of carboxylic acid groups (broad SMARTS) is 1. The molecule has 8 N–H and O–H groups in total. The number of aryl methyl sites for hydroxylation is 2. The van der Waals surface area contributed by atoms with Crippen LogP contribution in [0.15, 0.2) is 76.8 Å². The van der Waals surface area contributed by atoms with E-state index in [1.165, 1.54) is 23.6 Å². The number of pyridine rings is 2. The number of likely N-dealkylation sites (tertiary alicyclic amines) is 1. The van der Waals surface area contributed by atoms with Crippen LogP contribution in [0.2, 0.25) is 0 Å². The number of aromatic nitrogens is 3. The van der Waals surface area contributed by atoms with E-state index < -0.39 is 29.8 Å². The van der Waals surface area contributed by atoms with Crippen molar-refractivity contribution >= 4 is 45.4 Å². The zero-order valence-corrected chi connectivity index (χ0v) is 36.3. The van der Waals surface area contributed by atoms with Crippen LogP contribution in [0, 0.1) is 5.92 Å². The number of carboxylic acids is 1. The van der Waals surface area contributed by atoms with Gasteiger partial charge in [-0.1, -0.05) is 27.7 Å². The first-order valence-electron chi connectivity index (χ1n) is 21.7. The summed E-state index contributed by atoms with van der Waals surface area (Å²) in [6, 6.07) is 17.7. The number of aliphatic carboxylic acids is 1. The topological polar surface area (TPSA) is 238 Å². The summed E-state index contributed by atoms with van der Waals surface area (Å²) in [7, 11) is 0. The van der Waals surface area contributed by atoms with Crippen LogP contribution in [-0.4, -0.2) is 75.5 Å². The molecule has 1 fully saturated rings. The van der Waals surface area contributed by atoms with Gasteiger partial charge in [0.15, 0.2) is 11.4 Å². The number of carbonyl (C=O) groups is 2. The maximum atomic E-state index is 13.6. The molecule has 334 valence electrons. The molecule has 3 aromatic carbocycles. The van der Waals surface area contributed by atoms with Crippen LogP contribution in [0.25, 0.3) is 33.2 Å². The fourth-order valence-corrected chi connectivity index (χ4v) is 9.29. The quantitative estimate of drug-likeness (QED) is 0.0295. The van der Waals surface area contributed by atoms with Crippen molar-refractivity contribution in [2.45, 2.75) is 91.0 Å². The van der Waals surface area contributed by atoms with Crippen molar-refractivity contribution in [2.75, 3.05) is 18.4 Å². The van der Waals surface area contributed by atoms with E-state index in [9.17, 15) is 39.9 Å². The second-order valence-electron chi connectivity index (χ2n) is 17.0. The van der Waals surface area contributed by atoms with Gasteiger partial charge in [0.25, 0.3) is 5.56 Å². The Kier molecular flexibility index (Phi) is 11.8. The first kappa shape index (κ1) is 43.7. The number of phenolic OH excluding ortho intramolecular Hbond substituents is 2. The van der Waals surface area contributed by atoms with Crippen LogP contribution < -0.4 is 21.5 Å². The fraction of sp³-hybridized carbons (Fsp3) is 0.354. The number of carbonyl (C=O) groups excluding carboxylic acids is 1. The second kappa shape index (κ2) is 17.3. The number of nitrogens with zero attached hydrogens (tertiary/aromatic N) is 5. The summed E-state index contributed by atoms with van der Waals surface area (Å²) in [5.74, 6) is 5.19. The van der Waals surface area contributed by atoms with E-state index in [2.05, 4.69) is 21.2 Å². The predicted octanol–water partition coefficient (Wildman–Crippen LogP) is 6.68. The zero-order chi connectivity index (χ0) is 45.6. The number of aromatic hydroxyl groups is 2. The number of rotatable bonds is 12. The van der Waals surface area contributed by atoms with Crippen molar-refractivity contribution in [1.82, 2.24) is 19.0 Å². The molecule has 1 amide bonds. The van der Waals surface area contributed by atoms with Crippen LogP contribution in [0.1, 0.15) is 92.7 Å². The predicted molar refractivity (Wildman–Crippen MR) is 243 cm³/mol. The number of anilines is 1. The smallest absolute Gasteiger partial charge is 0.415 e. The highest BCUT2D eigenvalue weighted by Gasteiger charge is 2.41. The van der Waals surface area contributed by atoms with Gasteiger partial charge in [-0.3, -0.25) is 4.79 Å². The van der Waals surface area contributed by atoms with Crippen molar-refractivity contribution in [1.29, 1.82) is 0 Å². The normalized spacial score (nSPS) is 15.1. The molecule has 0 spiro atoms. The number of aliphatic hydroxyl groups excluding tert-OH is 1. The van der Waals surface area contributed by atoms with Gasteiger partial charge in [-0.25, -0.2) is 14.6 Å². The average Bonchev–Trinajstić information content (AvgIpc) is 3.87. The van der Waals surface area contributed by atoms with E-state index in [4.69, 9.17) is 15.6 Å². The number of amides is 1. The molecule has 2 aliphatic heterocycles. The molecule has 0 radical (unpaired) electrons. The molecular formula is C48H53N7O9. The Morgan fingerprint density at radius 1 is 1.02 bits per heavy atom. The van der Waals surface area contributed by atoms with Crippen molar-refractivity contribution < 1.29 is 39.9 Å². The summed E-state index contributed by atoms with van der Waals surface area (Å²) >= 11 is 0. The lowest BCUT2D eigenvalue weighted by atomic mass is 9.87. The second-order valence-corrected chi connectivity index (χ2v) is 17.0. The summed E-state index contributed by atoms with van der Waals surface area (Å²) in [5.41, 5.74) is 2.72. The number of aliphatic hydroxyl groups is 2. The van der Waals surface area contributed by atoms with Gasteiger partial charge in [0.05, 0.1) is 35.6 Å². The number of hydrazone groups is 1. The van der Waals surface area contributed by atoms with Crippen molar-refractivity contribution in [2.24, 2.45) is 16.9 Å². The minimum absolute atomic E-state index is 0.0105. The van der Waals surface area contributed by atoms with E-state index >= 15 is 0 Å². The number of fused-ring (bicyclic) bond motifs is 5. The van der Waals surface area contributed by atoms with Crippen LogP contribution in [0.3, 0.4) is 0 Å². The Morgan fingerprint density at radius 2 is 1.78 bits per heavy atom. The highest BCUT2D eigenvalue weighted by Crippen LogP contribution is 2.40. The number of amidine groups is 1. The number of nitrogens with one attached hydrogen (secondary N) is 1. The summed E-state index contributed by atoms with van der Waals surface area (Å²) in [4.78, 5) is 45.9. The van der Waals surface area contributed by atoms with Crippen LogP contribution in [0.5, 0.6) is 17.2 Å². The molecule has 64 heavy (non-hydrogen) atoms. The Balaban J connectivity index is 0.902. The molecule has 1 saturated heterocycles. The third-order valence-corrected chi connectivity index (χ3v) is 13.0. The van der Waals surface area contributed by atoms with E-state index in [-0.39, 0.29) is 47.3 Å². The molecule has 16 heteroatoms. The molecule has 0 unspecified atom stereocenters. The van der Waals surface area contributed by atoms with Gasteiger partial charge in [-0.15, -0.1) is 0 Å². The Hall–Kier alpha value is -6.91. The lowest BCUT2D eigenvalue weighted by Gasteiger charge is -2.31. The summed E-state index contributed by atoms with van der Waals surface area (Å²) in [6.45, 7) is 8.73. The SMILES string of the molecule is CCc1c2c(nc3ccc(OC(=O)N4CCC(CCn5ccc6cc(N/C(=N\N)c7cc(C(C)C)c(O)cc7O)ccc65)CC4)cc13)-c1cc([C@@](O)(CC)C(=O)O)c(CO)c(=O)n1C2. The standard InChI is InChI=1S/C48H53N7O9/c1-5-31-33-20-30(8-9-38(33)51-43-35(31)24-55-40(43)22-37(36(25-56)45(55)59)48(63,6-2)46(60)61)64-47(62)54-16-12-27(13-17-54)11-15-53-18-14-28-19-29(7-10-39(28)53)50-44(52-49)34-21-32(26(3)4)41(57)23-42(34)58/h7-10,14,18-23,26-27,56-58,63H,5-6,11-13,15-17,24-25,49H2,1-4H3,(H,50,52)(H,60,61)/t48-/m0/s1. The van der Waals surface area contributed by atoms with E-state index in [0.717, 1.165) is 58.9 Å². The number of hydrogen-bond donors (Lipinski definition) is 7. The maximum absolute atomic E-state index is 13.6. The molecule has 3 aromatic heterocycles. The van der Waals surface area contributed by atoms with Gasteiger partial charge in [0, 0.05) is 70.6 Å². The van der Waals surface area contributed by atoms with E-state index in [1.54, 1.807) is 29.2 Å². The zero-order valence-electron chi connectivity index (χ0n) is 36.3.